The van der Waals surface area contributed by atoms with E-state index in [9.17, 15) is 9.59 Å². The van der Waals surface area contributed by atoms with Crippen LogP contribution in [0.25, 0.3) is 0 Å². The third-order valence-corrected chi connectivity index (χ3v) is 6.25. The Morgan fingerprint density at radius 2 is 1.63 bits per heavy atom. The second-order valence-electron chi connectivity index (χ2n) is 8.43. The molecule has 184 valence electrons. The molecule has 2 amide bonds. The summed E-state index contributed by atoms with van der Waals surface area (Å²) in [6.07, 6.45) is 2.18. The number of aryl methyl sites for hydroxylation is 1. The van der Waals surface area contributed by atoms with Crippen LogP contribution in [0.3, 0.4) is 0 Å². The molecule has 6 heteroatoms. The number of hydrogen-bond acceptors (Lipinski definition) is 3. The van der Waals surface area contributed by atoms with Crippen molar-refractivity contribution in [1.82, 2.24) is 10.2 Å². The van der Waals surface area contributed by atoms with Gasteiger partial charge in [-0.25, -0.2) is 0 Å². The standard InChI is InChI=1S/C29H33BrN2O3/c1-3-17-31-29(34)27(19-23-9-6-5-7-10-23)32(20-24-11-8-12-25(30)18-24)28(33)21-35-26-15-13-22(4-2)14-16-26/h5-16,18,27H,3-4,17,19-21H2,1-2H3,(H,31,34). The maximum atomic E-state index is 13.5. The van der Waals surface area contributed by atoms with Crippen LogP contribution in [0.2, 0.25) is 0 Å². The van der Waals surface area contributed by atoms with Crippen LogP contribution in [0.15, 0.2) is 83.3 Å². The molecule has 0 bridgehead atoms. The molecule has 0 spiro atoms. The Morgan fingerprint density at radius 3 is 2.29 bits per heavy atom. The summed E-state index contributed by atoms with van der Waals surface area (Å²) in [6, 6.07) is 24.7. The molecule has 0 saturated carbocycles. The van der Waals surface area contributed by atoms with Gasteiger partial charge in [-0.05, 0) is 53.8 Å². The summed E-state index contributed by atoms with van der Waals surface area (Å²) in [7, 11) is 0. The highest BCUT2D eigenvalue weighted by atomic mass is 79.9. The molecule has 0 aliphatic heterocycles. The second kappa shape index (κ2) is 13.7. The molecule has 3 rings (SSSR count). The van der Waals surface area contributed by atoms with Gasteiger partial charge < -0.3 is 15.0 Å². The molecule has 1 unspecified atom stereocenters. The van der Waals surface area contributed by atoms with E-state index in [1.165, 1.54) is 5.56 Å². The van der Waals surface area contributed by atoms with Gasteiger partial charge in [0.2, 0.25) is 5.91 Å². The third-order valence-electron chi connectivity index (χ3n) is 5.76. The summed E-state index contributed by atoms with van der Waals surface area (Å²) in [5.41, 5.74) is 3.13. The molecule has 0 saturated heterocycles. The Morgan fingerprint density at radius 1 is 0.914 bits per heavy atom. The number of carbonyl (C=O) groups excluding carboxylic acids is 2. The van der Waals surface area contributed by atoms with E-state index >= 15 is 0 Å². The summed E-state index contributed by atoms with van der Waals surface area (Å²) < 4.78 is 6.76. The Labute approximate surface area is 216 Å². The number of ether oxygens (including phenoxy) is 1. The van der Waals surface area contributed by atoms with Gasteiger partial charge in [0.25, 0.3) is 5.91 Å². The van der Waals surface area contributed by atoms with E-state index in [1.54, 1.807) is 4.90 Å². The van der Waals surface area contributed by atoms with Crippen LogP contribution in [0.1, 0.15) is 37.0 Å². The molecule has 0 fully saturated rings. The van der Waals surface area contributed by atoms with Gasteiger partial charge in [-0.1, -0.05) is 84.4 Å². The lowest BCUT2D eigenvalue weighted by atomic mass is 10.0. The molecule has 1 atom stereocenters. The summed E-state index contributed by atoms with van der Waals surface area (Å²) in [6.45, 7) is 4.81. The van der Waals surface area contributed by atoms with Gasteiger partial charge in [0.1, 0.15) is 11.8 Å². The van der Waals surface area contributed by atoms with Crippen LogP contribution in [0.4, 0.5) is 0 Å². The highest BCUT2D eigenvalue weighted by Gasteiger charge is 2.30. The smallest absolute Gasteiger partial charge is 0.261 e. The fourth-order valence-corrected chi connectivity index (χ4v) is 4.25. The highest BCUT2D eigenvalue weighted by Crippen LogP contribution is 2.19. The zero-order chi connectivity index (χ0) is 25.0. The predicted molar refractivity (Wildman–Crippen MR) is 143 cm³/mol. The maximum Gasteiger partial charge on any atom is 0.261 e. The predicted octanol–water partition coefficient (Wildman–Crippen LogP) is 5.56. The lowest BCUT2D eigenvalue weighted by Gasteiger charge is -2.31. The lowest BCUT2D eigenvalue weighted by Crippen LogP contribution is -2.51. The summed E-state index contributed by atoms with van der Waals surface area (Å²) >= 11 is 3.51. The van der Waals surface area contributed by atoms with E-state index in [1.807, 2.05) is 85.8 Å². The van der Waals surface area contributed by atoms with Crippen molar-refractivity contribution in [2.24, 2.45) is 0 Å². The van der Waals surface area contributed by atoms with E-state index in [2.05, 4.69) is 28.2 Å². The Kier molecular flexibility index (Phi) is 10.4. The van der Waals surface area contributed by atoms with Gasteiger partial charge in [0.15, 0.2) is 6.61 Å². The summed E-state index contributed by atoms with van der Waals surface area (Å²) in [5, 5.41) is 2.99. The molecular weight excluding hydrogens is 504 g/mol. The van der Waals surface area contributed by atoms with Gasteiger partial charge in [-0.2, -0.15) is 0 Å². The second-order valence-corrected chi connectivity index (χ2v) is 9.35. The quantitative estimate of drug-likeness (QED) is 0.329. The number of carbonyl (C=O) groups is 2. The molecule has 0 radical (unpaired) electrons. The zero-order valence-electron chi connectivity index (χ0n) is 20.4. The Bertz CT molecular complexity index is 1090. The molecule has 0 aliphatic rings. The van der Waals surface area contributed by atoms with E-state index in [0.29, 0.717) is 25.3 Å². The minimum absolute atomic E-state index is 0.147. The number of amides is 2. The molecule has 0 aromatic heterocycles. The van der Waals surface area contributed by atoms with Crippen molar-refractivity contribution in [2.45, 2.75) is 45.7 Å². The number of halogens is 1. The molecule has 3 aromatic carbocycles. The van der Waals surface area contributed by atoms with Crippen molar-refractivity contribution in [3.8, 4) is 5.75 Å². The topological polar surface area (TPSA) is 58.6 Å². The molecule has 3 aromatic rings. The van der Waals surface area contributed by atoms with Crippen LogP contribution in [0, 0.1) is 0 Å². The largest absolute Gasteiger partial charge is 0.484 e. The third kappa shape index (κ3) is 8.25. The first-order valence-electron chi connectivity index (χ1n) is 12.1. The first-order valence-corrected chi connectivity index (χ1v) is 12.9. The number of hydrogen-bond donors (Lipinski definition) is 1. The molecular formula is C29H33BrN2O3. The van der Waals surface area contributed by atoms with Crippen LogP contribution < -0.4 is 10.1 Å². The number of nitrogens with zero attached hydrogens (tertiary/aromatic N) is 1. The van der Waals surface area contributed by atoms with E-state index in [0.717, 1.165) is 28.4 Å². The minimum Gasteiger partial charge on any atom is -0.484 e. The first kappa shape index (κ1) is 26.5. The normalized spacial score (nSPS) is 11.5. The van der Waals surface area contributed by atoms with Crippen molar-refractivity contribution >= 4 is 27.7 Å². The van der Waals surface area contributed by atoms with Crippen LogP contribution in [-0.2, 0) is 29.0 Å². The van der Waals surface area contributed by atoms with Crippen molar-refractivity contribution in [1.29, 1.82) is 0 Å². The van der Waals surface area contributed by atoms with Gasteiger partial charge in [-0.3, -0.25) is 9.59 Å². The lowest BCUT2D eigenvalue weighted by molar-refractivity contribution is -0.142. The number of rotatable bonds is 12. The van der Waals surface area contributed by atoms with E-state index < -0.39 is 6.04 Å². The fraction of sp³-hybridized carbons (Fsp3) is 0.310. The van der Waals surface area contributed by atoms with Crippen LogP contribution in [0.5, 0.6) is 5.75 Å². The Balaban J connectivity index is 1.87. The molecule has 0 aliphatic carbocycles. The minimum atomic E-state index is -0.665. The average Bonchev–Trinajstić information content (AvgIpc) is 2.88. The van der Waals surface area contributed by atoms with Gasteiger partial charge in [-0.15, -0.1) is 0 Å². The van der Waals surface area contributed by atoms with E-state index in [4.69, 9.17) is 4.74 Å². The molecule has 35 heavy (non-hydrogen) atoms. The van der Waals surface area contributed by atoms with Crippen LogP contribution in [-0.4, -0.2) is 35.9 Å². The van der Waals surface area contributed by atoms with Crippen molar-refractivity contribution in [3.05, 3.63) is 100 Å². The molecule has 1 N–H and O–H groups in total. The highest BCUT2D eigenvalue weighted by molar-refractivity contribution is 9.10. The monoisotopic (exact) mass is 536 g/mol. The SMILES string of the molecule is CCCNC(=O)C(Cc1ccccc1)N(Cc1cccc(Br)c1)C(=O)COc1ccc(CC)cc1. The van der Waals surface area contributed by atoms with Gasteiger partial charge in [0, 0.05) is 24.0 Å². The zero-order valence-corrected chi connectivity index (χ0v) is 22.0. The number of benzene rings is 3. The van der Waals surface area contributed by atoms with Crippen LogP contribution >= 0.6 is 15.9 Å². The van der Waals surface area contributed by atoms with Crippen molar-refractivity contribution in [3.63, 3.8) is 0 Å². The fourth-order valence-electron chi connectivity index (χ4n) is 3.80. The number of nitrogens with one attached hydrogen (secondary N) is 1. The van der Waals surface area contributed by atoms with Crippen molar-refractivity contribution in [2.75, 3.05) is 13.2 Å². The summed E-state index contributed by atoms with van der Waals surface area (Å²) in [4.78, 5) is 28.5. The van der Waals surface area contributed by atoms with Gasteiger partial charge >= 0.3 is 0 Å². The molecule has 0 heterocycles. The maximum absolute atomic E-state index is 13.5. The van der Waals surface area contributed by atoms with E-state index in [-0.39, 0.29) is 18.4 Å². The van der Waals surface area contributed by atoms with Crippen molar-refractivity contribution < 1.29 is 14.3 Å². The first-order chi connectivity index (χ1) is 17.0. The van der Waals surface area contributed by atoms with Gasteiger partial charge in [0.05, 0.1) is 0 Å². The Hall–Kier alpha value is -3.12. The average molecular weight is 537 g/mol. The summed E-state index contributed by atoms with van der Waals surface area (Å²) in [5.74, 6) is 0.233. The molecule has 5 nitrogen and oxygen atoms in total.